The zero-order chi connectivity index (χ0) is 16.4. The van der Waals surface area contributed by atoms with E-state index < -0.39 is 0 Å². The fourth-order valence-corrected chi connectivity index (χ4v) is 2.50. The highest BCUT2D eigenvalue weighted by atomic mass is 16.2. The number of H-pyrrole nitrogens is 1. The average Bonchev–Trinajstić information content (AvgIpc) is 2.84. The first kappa shape index (κ1) is 16.1. The standard InChI is InChI=1S/C16H23N5O/c1-9(2)15-17-8-7-13(18-15)16(22)21(6)12(5)14-10(3)19-20-11(14)4/h7-9,12H,1-6H3,(H,19,20)/t12-/m1/s1. The molecule has 0 saturated heterocycles. The van der Waals surface area contributed by atoms with Crippen molar-refractivity contribution in [1.82, 2.24) is 25.1 Å². The third-order valence-electron chi connectivity index (χ3n) is 3.91. The summed E-state index contributed by atoms with van der Waals surface area (Å²) in [4.78, 5) is 23.0. The number of rotatable bonds is 4. The van der Waals surface area contributed by atoms with Crippen LogP contribution < -0.4 is 0 Å². The molecule has 2 rings (SSSR count). The van der Waals surface area contributed by atoms with Crippen LogP contribution in [0.5, 0.6) is 0 Å². The van der Waals surface area contributed by atoms with Crippen LogP contribution in [-0.4, -0.2) is 38.0 Å². The van der Waals surface area contributed by atoms with E-state index >= 15 is 0 Å². The summed E-state index contributed by atoms with van der Waals surface area (Å²) in [6, 6.07) is 1.58. The molecule has 2 heterocycles. The Hall–Kier alpha value is -2.24. The Balaban J connectivity index is 2.27. The summed E-state index contributed by atoms with van der Waals surface area (Å²) in [5.41, 5.74) is 3.37. The van der Waals surface area contributed by atoms with Crippen molar-refractivity contribution in [2.24, 2.45) is 0 Å². The van der Waals surface area contributed by atoms with Crippen molar-refractivity contribution in [3.8, 4) is 0 Å². The lowest BCUT2D eigenvalue weighted by Crippen LogP contribution is -2.31. The highest BCUT2D eigenvalue weighted by Crippen LogP contribution is 2.25. The molecule has 0 unspecified atom stereocenters. The highest BCUT2D eigenvalue weighted by molar-refractivity contribution is 5.92. The van der Waals surface area contributed by atoms with Gasteiger partial charge in [-0.1, -0.05) is 13.8 Å². The predicted molar refractivity (Wildman–Crippen MR) is 84.7 cm³/mol. The van der Waals surface area contributed by atoms with Gasteiger partial charge in [-0.25, -0.2) is 9.97 Å². The highest BCUT2D eigenvalue weighted by Gasteiger charge is 2.24. The Labute approximate surface area is 131 Å². The number of carbonyl (C=O) groups excluding carboxylic acids is 1. The van der Waals surface area contributed by atoms with Crippen LogP contribution in [0, 0.1) is 13.8 Å². The first-order valence-electron chi connectivity index (χ1n) is 7.44. The molecule has 0 aliphatic carbocycles. The molecule has 6 nitrogen and oxygen atoms in total. The Kier molecular flexibility index (Phi) is 4.59. The van der Waals surface area contributed by atoms with Gasteiger partial charge in [-0.2, -0.15) is 5.10 Å². The summed E-state index contributed by atoms with van der Waals surface area (Å²) in [7, 11) is 1.79. The average molecular weight is 301 g/mol. The number of aryl methyl sites for hydroxylation is 2. The Morgan fingerprint density at radius 1 is 1.27 bits per heavy atom. The molecule has 0 saturated carbocycles. The molecule has 0 aliphatic rings. The van der Waals surface area contributed by atoms with Gasteiger partial charge < -0.3 is 4.90 Å². The van der Waals surface area contributed by atoms with Crippen LogP contribution in [0.3, 0.4) is 0 Å². The predicted octanol–water partition coefficient (Wildman–Crippen LogP) is 2.77. The molecule has 0 aliphatic heterocycles. The second kappa shape index (κ2) is 6.25. The van der Waals surface area contributed by atoms with E-state index in [4.69, 9.17) is 0 Å². The molecule has 1 atom stereocenters. The number of aromatic nitrogens is 4. The van der Waals surface area contributed by atoms with Crippen LogP contribution in [0.4, 0.5) is 0 Å². The molecule has 118 valence electrons. The minimum atomic E-state index is -0.114. The monoisotopic (exact) mass is 301 g/mol. The molecule has 1 amide bonds. The second-order valence-corrected chi connectivity index (χ2v) is 5.89. The van der Waals surface area contributed by atoms with E-state index in [1.807, 2.05) is 34.6 Å². The topological polar surface area (TPSA) is 74.8 Å². The smallest absolute Gasteiger partial charge is 0.272 e. The van der Waals surface area contributed by atoms with Crippen molar-refractivity contribution in [3.05, 3.63) is 40.7 Å². The Morgan fingerprint density at radius 2 is 1.95 bits per heavy atom. The summed E-state index contributed by atoms with van der Waals surface area (Å²) < 4.78 is 0. The Bertz CT molecular complexity index is 657. The molecular formula is C16H23N5O. The molecule has 0 fully saturated rings. The molecule has 2 aromatic rings. The lowest BCUT2D eigenvalue weighted by molar-refractivity contribution is 0.0735. The molecule has 6 heteroatoms. The normalized spacial score (nSPS) is 12.5. The SMILES string of the molecule is Cc1n[nH]c(C)c1[C@@H](C)N(C)C(=O)c1ccnc(C(C)C)n1. The molecular weight excluding hydrogens is 278 g/mol. The van der Waals surface area contributed by atoms with Crippen molar-refractivity contribution in [2.75, 3.05) is 7.05 Å². The lowest BCUT2D eigenvalue weighted by atomic mass is 10.1. The van der Waals surface area contributed by atoms with Crippen LogP contribution in [0.2, 0.25) is 0 Å². The van der Waals surface area contributed by atoms with Crippen LogP contribution >= 0.6 is 0 Å². The Morgan fingerprint density at radius 3 is 2.50 bits per heavy atom. The van der Waals surface area contributed by atoms with E-state index in [9.17, 15) is 4.79 Å². The van der Waals surface area contributed by atoms with E-state index in [-0.39, 0.29) is 17.9 Å². The molecule has 0 aromatic carbocycles. The summed E-state index contributed by atoms with van der Waals surface area (Å²) in [5, 5.41) is 7.16. The largest absolute Gasteiger partial charge is 0.333 e. The third-order valence-corrected chi connectivity index (χ3v) is 3.91. The van der Waals surface area contributed by atoms with Gasteiger partial charge in [0.15, 0.2) is 0 Å². The van der Waals surface area contributed by atoms with Crippen molar-refractivity contribution in [2.45, 2.75) is 46.6 Å². The van der Waals surface area contributed by atoms with Crippen molar-refractivity contribution in [1.29, 1.82) is 0 Å². The third kappa shape index (κ3) is 3.00. The van der Waals surface area contributed by atoms with Gasteiger partial charge in [0.1, 0.15) is 11.5 Å². The van der Waals surface area contributed by atoms with Crippen molar-refractivity contribution < 1.29 is 4.79 Å². The van der Waals surface area contributed by atoms with E-state index in [2.05, 4.69) is 20.2 Å². The van der Waals surface area contributed by atoms with E-state index in [0.717, 1.165) is 17.0 Å². The van der Waals surface area contributed by atoms with Gasteiger partial charge in [0.05, 0.1) is 11.7 Å². The van der Waals surface area contributed by atoms with Crippen LogP contribution in [0.1, 0.15) is 66.0 Å². The number of hydrogen-bond donors (Lipinski definition) is 1. The first-order valence-corrected chi connectivity index (χ1v) is 7.44. The van der Waals surface area contributed by atoms with Crippen molar-refractivity contribution in [3.63, 3.8) is 0 Å². The van der Waals surface area contributed by atoms with Crippen LogP contribution in [-0.2, 0) is 0 Å². The van der Waals surface area contributed by atoms with Gasteiger partial charge in [-0.15, -0.1) is 0 Å². The molecule has 0 spiro atoms. The number of hydrogen-bond acceptors (Lipinski definition) is 4. The maximum atomic E-state index is 12.7. The number of amides is 1. The molecule has 0 radical (unpaired) electrons. The van der Waals surface area contributed by atoms with Gasteiger partial charge in [0, 0.05) is 30.4 Å². The number of aromatic amines is 1. The number of carbonyl (C=O) groups is 1. The molecule has 1 N–H and O–H groups in total. The van der Waals surface area contributed by atoms with E-state index in [1.54, 1.807) is 24.2 Å². The zero-order valence-corrected chi connectivity index (χ0v) is 14.0. The van der Waals surface area contributed by atoms with Gasteiger partial charge in [-0.3, -0.25) is 9.89 Å². The maximum absolute atomic E-state index is 12.7. The molecule has 22 heavy (non-hydrogen) atoms. The van der Waals surface area contributed by atoms with E-state index in [0.29, 0.717) is 11.5 Å². The molecule has 0 bridgehead atoms. The summed E-state index contributed by atoms with van der Waals surface area (Å²) in [5.74, 6) is 0.758. The fraction of sp³-hybridized carbons (Fsp3) is 0.500. The van der Waals surface area contributed by atoms with E-state index in [1.165, 1.54) is 0 Å². The maximum Gasteiger partial charge on any atom is 0.272 e. The lowest BCUT2D eigenvalue weighted by Gasteiger charge is -2.25. The number of nitrogens with one attached hydrogen (secondary N) is 1. The number of nitrogens with zero attached hydrogens (tertiary/aromatic N) is 4. The fourth-order valence-electron chi connectivity index (χ4n) is 2.50. The van der Waals surface area contributed by atoms with Gasteiger partial charge in [-0.05, 0) is 26.8 Å². The van der Waals surface area contributed by atoms with Crippen LogP contribution in [0.15, 0.2) is 12.3 Å². The zero-order valence-electron chi connectivity index (χ0n) is 14.0. The van der Waals surface area contributed by atoms with Gasteiger partial charge >= 0.3 is 0 Å². The summed E-state index contributed by atoms with van der Waals surface area (Å²) in [6.45, 7) is 9.91. The van der Waals surface area contributed by atoms with Crippen LogP contribution in [0.25, 0.3) is 0 Å². The first-order chi connectivity index (χ1) is 10.3. The summed E-state index contributed by atoms with van der Waals surface area (Å²) in [6.07, 6.45) is 1.64. The van der Waals surface area contributed by atoms with Gasteiger partial charge in [0.25, 0.3) is 5.91 Å². The second-order valence-electron chi connectivity index (χ2n) is 5.89. The minimum absolute atomic E-state index is 0.0799. The van der Waals surface area contributed by atoms with Crippen molar-refractivity contribution >= 4 is 5.91 Å². The van der Waals surface area contributed by atoms with Gasteiger partial charge in [0.2, 0.25) is 0 Å². The quantitative estimate of drug-likeness (QED) is 0.942. The minimum Gasteiger partial charge on any atom is -0.333 e. The molecule has 2 aromatic heterocycles. The summed E-state index contributed by atoms with van der Waals surface area (Å²) >= 11 is 0.